The van der Waals surface area contributed by atoms with E-state index in [1.807, 2.05) is 6.92 Å². The van der Waals surface area contributed by atoms with Gasteiger partial charge in [0.25, 0.3) is 0 Å². The SMILES string of the molecule is Cc1ccc(S(=O)(=O)NCC(=O)N2CCC[C@H]2C(=O)N[C@@H](CCCCN)C(=O)Nc2ccc3oc(=O)cc(C)c3c2)cc1. The normalized spacial score (nSPS) is 15.8. The summed E-state index contributed by atoms with van der Waals surface area (Å²) in [4.78, 5) is 52.8. The number of nitrogens with zero attached hydrogens (tertiary/aromatic N) is 1. The van der Waals surface area contributed by atoms with E-state index in [-0.39, 0.29) is 4.90 Å². The Morgan fingerprint density at radius 3 is 2.53 bits per heavy atom. The smallest absolute Gasteiger partial charge is 0.336 e. The van der Waals surface area contributed by atoms with E-state index in [4.69, 9.17) is 10.2 Å². The summed E-state index contributed by atoms with van der Waals surface area (Å²) in [7, 11) is -3.91. The molecule has 0 radical (unpaired) electrons. The van der Waals surface area contributed by atoms with E-state index in [1.54, 1.807) is 37.3 Å². The van der Waals surface area contributed by atoms with Crippen LogP contribution in [0.3, 0.4) is 0 Å². The number of nitrogens with one attached hydrogen (secondary N) is 3. The highest BCUT2D eigenvalue weighted by Gasteiger charge is 2.36. The van der Waals surface area contributed by atoms with Crippen LogP contribution in [0.1, 0.15) is 43.2 Å². The minimum absolute atomic E-state index is 0.0408. The maximum Gasteiger partial charge on any atom is 0.336 e. The lowest BCUT2D eigenvalue weighted by molar-refractivity contribution is -0.138. The Labute approximate surface area is 250 Å². The Balaban J connectivity index is 1.42. The zero-order chi connectivity index (χ0) is 31.1. The number of nitrogens with two attached hydrogens (primary N) is 1. The van der Waals surface area contributed by atoms with E-state index in [9.17, 15) is 27.6 Å². The fourth-order valence-electron chi connectivity index (χ4n) is 5.05. The molecule has 4 rings (SSSR count). The molecule has 5 N–H and O–H groups in total. The molecule has 13 heteroatoms. The Kier molecular flexibility index (Phi) is 10.3. The number of unbranched alkanes of at least 4 members (excludes halogenated alkanes) is 1. The number of benzene rings is 2. The number of likely N-dealkylation sites (tertiary alicyclic amines) is 1. The van der Waals surface area contributed by atoms with Crippen molar-refractivity contribution >= 4 is 44.4 Å². The molecule has 2 atom stereocenters. The number of rotatable bonds is 12. The molecule has 230 valence electrons. The van der Waals surface area contributed by atoms with Crippen molar-refractivity contribution in [2.45, 2.75) is 62.9 Å². The molecule has 1 saturated heterocycles. The van der Waals surface area contributed by atoms with Gasteiger partial charge in [-0.3, -0.25) is 14.4 Å². The highest BCUT2D eigenvalue weighted by molar-refractivity contribution is 7.89. The first-order valence-electron chi connectivity index (χ1n) is 14.2. The number of fused-ring (bicyclic) bond motifs is 1. The van der Waals surface area contributed by atoms with Gasteiger partial charge in [0.15, 0.2) is 0 Å². The quantitative estimate of drug-likeness (QED) is 0.177. The van der Waals surface area contributed by atoms with E-state index in [0.29, 0.717) is 67.4 Å². The summed E-state index contributed by atoms with van der Waals surface area (Å²) in [5.41, 5.74) is 7.62. The lowest BCUT2D eigenvalue weighted by atomic mass is 10.1. The summed E-state index contributed by atoms with van der Waals surface area (Å²) in [6.07, 6.45) is 2.51. The van der Waals surface area contributed by atoms with Gasteiger partial charge in [0, 0.05) is 23.7 Å². The van der Waals surface area contributed by atoms with Gasteiger partial charge in [-0.25, -0.2) is 17.9 Å². The highest BCUT2D eigenvalue weighted by Crippen LogP contribution is 2.22. The van der Waals surface area contributed by atoms with Gasteiger partial charge in [0.2, 0.25) is 27.7 Å². The molecule has 1 fully saturated rings. The van der Waals surface area contributed by atoms with Crippen molar-refractivity contribution in [3.8, 4) is 0 Å². The Morgan fingerprint density at radius 1 is 1.07 bits per heavy atom. The van der Waals surface area contributed by atoms with E-state index < -0.39 is 52.0 Å². The minimum atomic E-state index is -3.91. The molecule has 0 saturated carbocycles. The maximum atomic E-state index is 13.4. The molecule has 0 aliphatic carbocycles. The Morgan fingerprint density at radius 2 is 1.81 bits per heavy atom. The van der Waals surface area contributed by atoms with Crippen LogP contribution in [0.5, 0.6) is 0 Å². The predicted molar refractivity (Wildman–Crippen MR) is 162 cm³/mol. The van der Waals surface area contributed by atoms with Crippen LogP contribution in [-0.2, 0) is 24.4 Å². The molecule has 0 spiro atoms. The molecule has 2 heterocycles. The average molecular weight is 612 g/mol. The van der Waals surface area contributed by atoms with Crippen LogP contribution in [0.15, 0.2) is 62.6 Å². The summed E-state index contributed by atoms with van der Waals surface area (Å²) in [6.45, 7) is 3.83. The van der Waals surface area contributed by atoms with Crippen LogP contribution >= 0.6 is 0 Å². The first kappa shape index (κ1) is 31.9. The zero-order valence-electron chi connectivity index (χ0n) is 24.2. The molecule has 0 bridgehead atoms. The van der Waals surface area contributed by atoms with Gasteiger partial charge in [-0.15, -0.1) is 0 Å². The van der Waals surface area contributed by atoms with E-state index >= 15 is 0 Å². The molecule has 3 aromatic rings. The second-order valence-electron chi connectivity index (χ2n) is 10.7. The van der Waals surface area contributed by atoms with Crippen molar-refractivity contribution in [2.24, 2.45) is 5.73 Å². The maximum absolute atomic E-state index is 13.4. The number of hydrogen-bond donors (Lipinski definition) is 4. The van der Waals surface area contributed by atoms with Crippen molar-refractivity contribution < 1.29 is 27.2 Å². The highest BCUT2D eigenvalue weighted by atomic mass is 32.2. The second-order valence-corrected chi connectivity index (χ2v) is 12.4. The zero-order valence-corrected chi connectivity index (χ0v) is 25.0. The molecule has 12 nitrogen and oxygen atoms in total. The molecular formula is C30H37N5O7S. The van der Waals surface area contributed by atoms with E-state index in [0.717, 1.165) is 5.56 Å². The number of hydrogen-bond acceptors (Lipinski definition) is 8. The largest absolute Gasteiger partial charge is 0.423 e. The van der Waals surface area contributed by atoms with Gasteiger partial charge < -0.3 is 25.7 Å². The van der Waals surface area contributed by atoms with Crippen molar-refractivity contribution in [1.82, 2.24) is 14.9 Å². The fraction of sp³-hybridized carbons (Fsp3) is 0.400. The topological polar surface area (TPSA) is 181 Å². The van der Waals surface area contributed by atoms with Crippen LogP contribution in [0.4, 0.5) is 5.69 Å². The third kappa shape index (κ3) is 8.06. The third-order valence-corrected chi connectivity index (χ3v) is 8.83. The van der Waals surface area contributed by atoms with Crippen LogP contribution in [0.2, 0.25) is 0 Å². The first-order valence-corrected chi connectivity index (χ1v) is 15.7. The molecular weight excluding hydrogens is 574 g/mol. The van der Waals surface area contributed by atoms with Gasteiger partial charge in [0.05, 0.1) is 11.4 Å². The van der Waals surface area contributed by atoms with Gasteiger partial charge >= 0.3 is 5.63 Å². The molecule has 3 amide bonds. The average Bonchev–Trinajstić information content (AvgIpc) is 3.46. The first-order chi connectivity index (χ1) is 20.5. The van der Waals surface area contributed by atoms with Gasteiger partial charge in [-0.05, 0) is 88.4 Å². The molecule has 0 unspecified atom stereocenters. The Hall–Kier alpha value is -4.07. The number of carbonyl (C=O) groups excluding carboxylic acids is 3. The standard InChI is InChI=1S/C30H37N5O7S/c1-19-8-11-22(12-9-19)43(40,41)32-18-27(36)35-15-5-7-25(35)30(39)34-24(6-3-4-14-31)29(38)33-21-10-13-26-23(17-21)20(2)16-28(37)42-26/h8-13,16-17,24-25,32H,3-7,14-15,18,31H2,1-2H3,(H,33,38)(H,34,39)/t24-,25-/m0/s1. The summed E-state index contributed by atoms with van der Waals surface area (Å²) < 4.78 is 32.8. The minimum Gasteiger partial charge on any atom is -0.423 e. The number of sulfonamides is 1. The van der Waals surface area contributed by atoms with Crippen LogP contribution in [-0.4, -0.2) is 62.8 Å². The fourth-order valence-corrected chi connectivity index (χ4v) is 6.03. The van der Waals surface area contributed by atoms with E-state index in [2.05, 4.69) is 15.4 Å². The molecule has 2 aromatic carbocycles. The molecule has 1 aromatic heterocycles. The number of anilines is 1. The number of carbonyl (C=O) groups is 3. The van der Waals surface area contributed by atoms with Crippen molar-refractivity contribution in [3.63, 3.8) is 0 Å². The lowest BCUT2D eigenvalue weighted by Gasteiger charge is -2.26. The van der Waals surface area contributed by atoms with Crippen molar-refractivity contribution in [1.29, 1.82) is 0 Å². The van der Waals surface area contributed by atoms with E-state index in [1.165, 1.54) is 23.1 Å². The van der Waals surface area contributed by atoms with Crippen molar-refractivity contribution in [3.05, 3.63) is 70.1 Å². The predicted octanol–water partition coefficient (Wildman–Crippen LogP) is 1.93. The lowest BCUT2D eigenvalue weighted by Crippen LogP contribution is -2.53. The monoisotopic (exact) mass is 611 g/mol. The molecule has 1 aliphatic rings. The van der Waals surface area contributed by atoms with Crippen molar-refractivity contribution in [2.75, 3.05) is 25.0 Å². The van der Waals surface area contributed by atoms with Gasteiger partial charge in [0.1, 0.15) is 17.7 Å². The number of amides is 3. The second kappa shape index (κ2) is 13.9. The molecule has 1 aliphatic heterocycles. The number of aryl methyl sites for hydroxylation is 2. The Bertz CT molecular complexity index is 1650. The molecule has 43 heavy (non-hydrogen) atoms. The summed E-state index contributed by atoms with van der Waals surface area (Å²) >= 11 is 0. The van der Waals surface area contributed by atoms with Gasteiger partial charge in [-0.2, -0.15) is 0 Å². The van der Waals surface area contributed by atoms with Gasteiger partial charge in [-0.1, -0.05) is 17.7 Å². The van der Waals surface area contributed by atoms with Crippen LogP contribution in [0.25, 0.3) is 11.0 Å². The third-order valence-electron chi connectivity index (χ3n) is 7.42. The summed E-state index contributed by atoms with van der Waals surface area (Å²) in [5.74, 6) is -1.46. The summed E-state index contributed by atoms with van der Waals surface area (Å²) in [5, 5.41) is 6.29. The van der Waals surface area contributed by atoms with Crippen LogP contribution in [0, 0.1) is 13.8 Å². The summed E-state index contributed by atoms with van der Waals surface area (Å²) in [6, 6.07) is 10.8. The van der Waals surface area contributed by atoms with Crippen LogP contribution < -0.4 is 26.7 Å².